The average molecular weight is 211 g/mol. The average Bonchev–Trinajstić information content (AvgIpc) is 2.63. The van der Waals surface area contributed by atoms with Gasteiger partial charge in [0, 0.05) is 25.3 Å². The molecule has 0 aliphatic carbocycles. The topological polar surface area (TPSA) is 71.8 Å². The third-order valence-corrected chi connectivity index (χ3v) is 1.74. The van der Waals surface area contributed by atoms with Crippen LogP contribution in [0.4, 0.5) is 4.79 Å². The van der Waals surface area contributed by atoms with Crippen molar-refractivity contribution in [2.75, 3.05) is 6.54 Å². The van der Waals surface area contributed by atoms with Crippen molar-refractivity contribution in [1.82, 2.24) is 25.6 Å². The highest BCUT2D eigenvalue weighted by Crippen LogP contribution is 1.85. The summed E-state index contributed by atoms with van der Waals surface area (Å²) in [7, 11) is 0. The van der Waals surface area contributed by atoms with Crippen LogP contribution in [0.15, 0.2) is 12.4 Å². The molecule has 0 aromatic carbocycles. The standard InChI is InChI=1S/C9H17N5O/c1-8(2)12-9(15)10-4-3-6-14-7-5-11-13-14/h5,7-8H,3-4,6H2,1-2H3,(H2,10,12,15). The summed E-state index contributed by atoms with van der Waals surface area (Å²) < 4.78 is 1.74. The number of urea groups is 1. The molecular formula is C9H17N5O. The number of amides is 2. The molecule has 84 valence electrons. The monoisotopic (exact) mass is 211 g/mol. The molecule has 0 fully saturated rings. The van der Waals surface area contributed by atoms with E-state index in [0.717, 1.165) is 13.0 Å². The molecule has 0 bridgehead atoms. The van der Waals surface area contributed by atoms with Gasteiger partial charge in [-0.1, -0.05) is 5.21 Å². The minimum absolute atomic E-state index is 0.122. The van der Waals surface area contributed by atoms with E-state index in [9.17, 15) is 4.79 Å². The second-order valence-electron chi connectivity index (χ2n) is 3.57. The molecule has 0 aliphatic rings. The van der Waals surface area contributed by atoms with E-state index in [1.165, 1.54) is 0 Å². The van der Waals surface area contributed by atoms with Crippen molar-refractivity contribution in [3.63, 3.8) is 0 Å². The Morgan fingerprint density at radius 2 is 2.33 bits per heavy atom. The Bertz CT molecular complexity index is 283. The number of nitrogens with zero attached hydrogens (tertiary/aromatic N) is 3. The Kier molecular flexibility index (Phi) is 4.59. The predicted molar refractivity (Wildman–Crippen MR) is 56.3 cm³/mol. The van der Waals surface area contributed by atoms with Gasteiger partial charge in [0.1, 0.15) is 0 Å². The van der Waals surface area contributed by atoms with Gasteiger partial charge in [-0.2, -0.15) is 0 Å². The molecule has 6 heteroatoms. The minimum Gasteiger partial charge on any atom is -0.338 e. The van der Waals surface area contributed by atoms with E-state index in [4.69, 9.17) is 0 Å². The van der Waals surface area contributed by atoms with Crippen LogP contribution in [-0.4, -0.2) is 33.6 Å². The molecule has 2 N–H and O–H groups in total. The van der Waals surface area contributed by atoms with Crippen molar-refractivity contribution in [3.8, 4) is 0 Å². The van der Waals surface area contributed by atoms with E-state index in [0.29, 0.717) is 6.54 Å². The normalized spacial score (nSPS) is 10.3. The smallest absolute Gasteiger partial charge is 0.314 e. The van der Waals surface area contributed by atoms with Crippen molar-refractivity contribution in [1.29, 1.82) is 0 Å². The highest BCUT2D eigenvalue weighted by atomic mass is 16.2. The molecule has 1 aromatic rings. The van der Waals surface area contributed by atoms with Crippen LogP contribution in [0.3, 0.4) is 0 Å². The lowest BCUT2D eigenvalue weighted by Crippen LogP contribution is -2.40. The van der Waals surface area contributed by atoms with Crippen LogP contribution >= 0.6 is 0 Å². The summed E-state index contributed by atoms with van der Waals surface area (Å²) in [6.45, 7) is 5.25. The van der Waals surface area contributed by atoms with Gasteiger partial charge in [-0.3, -0.25) is 4.68 Å². The van der Waals surface area contributed by atoms with Crippen LogP contribution in [0.5, 0.6) is 0 Å². The number of carbonyl (C=O) groups excluding carboxylic acids is 1. The van der Waals surface area contributed by atoms with Crippen LogP contribution in [0.25, 0.3) is 0 Å². The fourth-order valence-corrected chi connectivity index (χ4v) is 1.11. The van der Waals surface area contributed by atoms with Crippen LogP contribution in [-0.2, 0) is 6.54 Å². The number of aryl methyl sites for hydroxylation is 1. The molecule has 0 saturated heterocycles. The van der Waals surface area contributed by atoms with Crippen molar-refractivity contribution >= 4 is 6.03 Å². The lowest BCUT2D eigenvalue weighted by atomic mass is 10.4. The molecule has 0 unspecified atom stereocenters. The second-order valence-corrected chi connectivity index (χ2v) is 3.57. The Balaban J connectivity index is 2.04. The van der Waals surface area contributed by atoms with Crippen molar-refractivity contribution in [3.05, 3.63) is 12.4 Å². The molecule has 1 heterocycles. The Hall–Kier alpha value is -1.59. The maximum Gasteiger partial charge on any atom is 0.314 e. The predicted octanol–water partition coefficient (Wildman–Crippen LogP) is 0.376. The van der Waals surface area contributed by atoms with E-state index in [2.05, 4.69) is 20.9 Å². The Morgan fingerprint density at radius 1 is 1.53 bits per heavy atom. The van der Waals surface area contributed by atoms with E-state index >= 15 is 0 Å². The lowest BCUT2D eigenvalue weighted by Gasteiger charge is -2.09. The zero-order valence-electron chi connectivity index (χ0n) is 9.10. The SMILES string of the molecule is CC(C)NC(=O)NCCCn1ccnn1. The van der Waals surface area contributed by atoms with Gasteiger partial charge in [0.15, 0.2) is 0 Å². The molecule has 0 aliphatic heterocycles. The molecule has 6 nitrogen and oxygen atoms in total. The Morgan fingerprint density at radius 3 is 2.93 bits per heavy atom. The maximum atomic E-state index is 11.2. The van der Waals surface area contributed by atoms with E-state index in [1.807, 2.05) is 13.8 Å². The van der Waals surface area contributed by atoms with Crippen molar-refractivity contribution < 1.29 is 4.79 Å². The summed E-state index contributed by atoms with van der Waals surface area (Å²) >= 11 is 0. The molecule has 1 aromatic heterocycles. The van der Waals surface area contributed by atoms with Crippen LogP contribution in [0.1, 0.15) is 20.3 Å². The van der Waals surface area contributed by atoms with E-state index < -0.39 is 0 Å². The van der Waals surface area contributed by atoms with Gasteiger partial charge in [0.2, 0.25) is 0 Å². The highest BCUT2D eigenvalue weighted by Gasteiger charge is 2.00. The molecular weight excluding hydrogens is 194 g/mol. The summed E-state index contributed by atoms with van der Waals surface area (Å²) in [6.07, 6.45) is 4.28. The van der Waals surface area contributed by atoms with Crippen LogP contribution in [0.2, 0.25) is 0 Å². The summed E-state index contributed by atoms with van der Waals surface area (Å²) in [5.74, 6) is 0. The first-order valence-corrected chi connectivity index (χ1v) is 5.07. The summed E-state index contributed by atoms with van der Waals surface area (Å²) in [5, 5.41) is 13.0. The first-order chi connectivity index (χ1) is 7.18. The first-order valence-electron chi connectivity index (χ1n) is 5.07. The fourth-order valence-electron chi connectivity index (χ4n) is 1.11. The number of rotatable bonds is 5. The summed E-state index contributed by atoms with van der Waals surface area (Å²) in [6, 6.07) is 0.0453. The van der Waals surface area contributed by atoms with Gasteiger partial charge in [0.25, 0.3) is 0 Å². The first kappa shape index (κ1) is 11.5. The number of aromatic nitrogens is 3. The van der Waals surface area contributed by atoms with E-state index in [1.54, 1.807) is 17.1 Å². The Labute approximate surface area is 89.0 Å². The van der Waals surface area contributed by atoms with Gasteiger partial charge < -0.3 is 10.6 Å². The van der Waals surface area contributed by atoms with Gasteiger partial charge in [-0.15, -0.1) is 5.10 Å². The third-order valence-electron chi connectivity index (χ3n) is 1.74. The number of nitrogens with one attached hydrogen (secondary N) is 2. The number of hydrogen-bond acceptors (Lipinski definition) is 3. The van der Waals surface area contributed by atoms with Gasteiger partial charge >= 0.3 is 6.03 Å². The molecule has 1 rings (SSSR count). The number of carbonyl (C=O) groups is 1. The van der Waals surface area contributed by atoms with Crippen molar-refractivity contribution in [2.24, 2.45) is 0 Å². The zero-order valence-corrected chi connectivity index (χ0v) is 9.10. The molecule has 2 amide bonds. The quantitative estimate of drug-likeness (QED) is 0.691. The summed E-state index contributed by atoms with van der Waals surface area (Å²) in [4.78, 5) is 11.2. The maximum absolute atomic E-state index is 11.2. The zero-order chi connectivity index (χ0) is 11.1. The van der Waals surface area contributed by atoms with Gasteiger partial charge in [-0.05, 0) is 20.3 Å². The second kappa shape index (κ2) is 6.00. The molecule has 15 heavy (non-hydrogen) atoms. The molecule has 0 spiro atoms. The van der Waals surface area contributed by atoms with Crippen LogP contribution in [0, 0.1) is 0 Å². The van der Waals surface area contributed by atoms with Gasteiger partial charge in [0.05, 0.1) is 6.20 Å². The van der Waals surface area contributed by atoms with E-state index in [-0.39, 0.29) is 12.1 Å². The number of hydrogen-bond donors (Lipinski definition) is 2. The molecule has 0 saturated carbocycles. The van der Waals surface area contributed by atoms with Crippen molar-refractivity contribution in [2.45, 2.75) is 32.9 Å². The minimum atomic E-state index is -0.122. The largest absolute Gasteiger partial charge is 0.338 e. The van der Waals surface area contributed by atoms with Gasteiger partial charge in [-0.25, -0.2) is 4.79 Å². The summed E-state index contributed by atoms with van der Waals surface area (Å²) in [5.41, 5.74) is 0. The molecule has 0 radical (unpaired) electrons. The third kappa shape index (κ3) is 4.99. The highest BCUT2D eigenvalue weighted by molar-refractivity contribution is 5.73. The molecule has 0 atom stereocenters. The fraction of sp³-hybridized carbons (Fsp3) is 0.667. The lowest BCUT2D eigenvalue weighted by molar-refractivity contribution is 0.238. The van der Waals surface area contributed by atoms with Crippen LogP contribution < -0.4 is 10.6 Å².